The third kappa shape index (κ3) is 4.30. The van der Waals surface area contributed by atoms with Crippen LogP contribution < -0.4 is 0 Å². The van der Waals surface area contributed by atoms with Crippen LogP contribution in [0.1, 0.15) is 58.8 Å². The molecule has 0 aromatic rings. The quantitative estimate of drug-likeness (QED) is 0.695. The number of rotatable bonds is 7. The molecule has 1 rings (SSSR count). The van der Waals surface area contributed by atoms with Gasteiger partial charge in [0.1, 0.15) is 0 Å². The van der Waals surface area contributed by atoms with E-state index in [1.807, 2.05) is 0 Å². The number of hydrogen-bond donors (Lipinski definition) is 1. The van der Waals surface area contributed by atoms with Gasteiger partial charge < -0.3 is 9.84 Å². The van der Waals surface area contributed by atoms with Gasteiger partial charge in [-0.3, -0.25) is 4.79 Å². The van der Waals surface area contributed by atoms with Crippen molar-refractivity contribution in [1.29, 1.82) is 0 Å². The lowest BCUT2D eigenvalue weighted by atomic mass is 9.69. The summed E-state index contributed by atoms with van der Waals surface area (Å²) in [6, 6.07) is 0. The van der Waals surface area contributed by atoms with Crippen molar-refractivity contribution in [3.63, 3.8) is 0 Å². The van der Waals surface area contributed by atoms with E-state index in [0.717, 1.165) is 45.1 Å². The molecular weight excluding hydrogens is 216 g/mol. The second kappa shape index (κ2) is 7.00. The van der Waals surface area contributed by atoms with Gasteiger partial charge in [-0.1, -0.05) is 20.3 Å². The highest BCUT2D eigenvalue weighted by Crippen LogP contribution is 2.41. The van der Waals surface area contributed by atoms with Crippen LogP contribution in [0.25, 0.3) is 0 Å². The molecule has 0 saturated heterocycles. The number of aliphatic carboxylic acids is 1. The predicted molar refractivity (Wildman–Crippen MR) is 68.0 cm³/mol. The normalized spacial score (nSPS) is 29.2. The highest BCUT2D eigenvalue weighted by atomic mass is 16.5. The molecule has 0 spiro atoms. The van der Waals surface area contributed by atoms with E-state index in [4.69, 9.17) is 4.74 Å². The topological polar surface area (TPSA) is 46.5 Å². The largest absolute Gasteiger partial charge is 0.481 e. The highest BCUT2D eigenvalue weighted by Gasteiger charge is 2.40. The van der Waals surface area contributed by atoms with Gasteiger partial charge >= 0.3 is 5.97 Å². The molecule has 0 atom stereocenters. The fourth-order valence-electron chi connectivity index (χ4n) is 2.50. The van der Waals surface area contributed by atoms with Crippen LogP contribution >= 0.6 is 0 Å². The smallest absolute Gasteiger partial charge is 0.309 e. The zero-order valence-corrected chi connectivity index (χ0v) is 11.2. The molecule has 0 aliphatic heterocycles. The van der Waals surface area contributed by atoms with Gasteiger partial charge in [-0.05, 0) is 44.4 Å². The lowest BCUT2D eigenvalue weighted by Gasteiger charge is -2.35. The predicted octanol–water partition coefficient (Wildman–Crippen LogP) is 3.47. The summed E-state index contributed by atoms with van der Waals surface area (Å²) in [5.41, 5.74) is -0.501. The summed E-state index contributed by atoms with van der Waals surface area (Å²) in [6.45, 7) is 5.71. The van der Waals surface area contributed by atoms with Gasteiger partial charge in [0.15, 0.2) is 0 Å². The van der Waals surface area contributed by atoms with Gasteiger partial charge in [-0.25, -0.2) is 0 Å². The maximum atomic E-state index is 11.4. The van der Waals surface area contributed by atoms with E-state index in [1.165, 1.54) is 0 Å². The van der Waals surface area contributed by atoms with Crippen molar-refractivity contribution >= 4 is 5.97 Å². The minimum atomic E-state index is -0.622. The standard InChI is InChI=1S/C14H26O3/c1-3-4-10-17-11-9-14(13(15)16)7-5-12(2)6-8-14/h12H,3-11H2,1-2H3,(H,15,16). The molecule has 3 heteroatoms. The first-order valence-electron chi connectivity index (χ1n) is 6.92. The lowest BCUT2D eigenvalue weighted by Crippen LogP contribution is -2.36. The second-order valence-corrected chi connectivity index (χ2v) is 5.48. The molecule has 17 heavy (non-hydrogen) atoms. The van der Waals surface area contributed by atoms with Crippen LogP contribution in [0.15, 0.2) is 0 Å². The number of hydrogen-bond acceptors (Lipinski definition) is 2. The SMILES string of the molecule is CCCCOCCC1(C(=O)O)CCC(C)CC1. The number of carbonyl (C=O) groups is 1. The van der Waals surface area contributed by atoms with Crippen molar-refractivity contribution in [2.45, 2.75) is 58.8 Å². The summed E-state index contributed by atoms with van der Waals surface area (Å²) in [4.78, 5) is 11.4. The number of carboxylic acids is 1. The zero-order chi connectivity index (χ0) is 12.7. The van der Waals surface area contributed by atoms with E-state index in [0.29, 0.717) is 18.9 Å². The van der Waals surface area contributed by atoms with Crippen molar-refractivity contribution in [2.24, 2.45) is 11.3 Å². The summed E-state index contributed by atoms with van der Waals surface area (Å²) in [6.07, 6.45) is 6.60. The molecule has 1 fully saturated rings. The van der Waals surface area contributed by atoms with Crippen molar-refractivity contribution < 1.29 is 14.6 Å². The summed E-state index contributed by atoms with van der Waals surface area (Å²) in [5, 5.41) is 9.42. The first-order chi connectivity index (χ1) is 8.10. The van der Waals surface area contributed by atoms with Crippen LogP contribution in [0.4, 0.5) is 0 Å². The Balaban J connectivity index is 2.35. The molecule has 1 saturated carbocycles. The molecule has 0 aromatic heterocycles. The first-order valence-corrected chi connectivity index (χ1v) is 6.92. The second-order valence-electron chi connectivity index (χ2n) is 5.48. The van der Waals surface area contributed by atoms with Crippen LogP contribution in [-0.4, -0.2) is 24.3 Å². The molecule has 0 unspecified atom stereocenters. The Hall–Kier alpha value is -0.570. The third-order valence-corrected chi connectivity index (χ3v) is 4.05. The molecule has 0 heterocycles. The highest BCUT2D eigenvalue weighted by molar-refractivity contribution is 5.74. The van der Waals surface area contributed by atoms with Crippen LogP contribution in [-0.2, 0) is 9.53 Å². The Kier molecular flexibility index (Phi) is 5.96. The van der Waals surface area contributed by atoms with Gasteiger partial charge in [-0.15, -0.1) is 0 Å². The van der Waals surface area contributed by atoms with Gasteiger partial charge in [0.2, 0.25) is 0 Å². The van der Waals surface area contributed by atoms with Crippen LogP contribution in [0, 0.1) is 11.3 Å². The summed E-state index contributed by atoms with van der Waals surface area (Å²) in [5.74, 6) is 0.0620. The number of ether oxygens (including phenoxy) is 1. The van der Waals surface area contributed by atoms with E-state index in [-0.39, 0.29) is 0 Å². The van der Waals surface area contributed by atoms with Crippen molar-refractivity contribution in [3.8, 4) is 0 Å². The van der Waals surface area contributed by atoms with E-state index in [2.05, 4.69) is 13.8 Å². The molecule has 0 amide bonds. The molecule has 0 aromatic carbocycles. The van der Waals surface area contributed by atoms with E-state index >= 15 is 0 Å². The Labute approximate surface area is 105 Å². The zero-order valence-electron chi connectivity index (χ0n) is 11.2. The molecule has 0 radical (unpaired) electrons. The van der Waals surface area contributed by atoms with Crippen LogP contribution in [0.2, 0.25) is 0 Å². The first kappa shape index (κ1) is 14.5. The molecule has 1 N–H and O–H groups in total. The monoisotopic (exact) mass is 242 g/mol. The average molecular weight is 242 g/mol. The lowest BCUT2D eigenvalue weighted by molar-refractivity contribution is -0.153. The molecule has 0 bridgehead atoms. The fourth-order valence-corrected chi connectivity index (χ4v) is 2.50. The van der Waals surface area contributed by atoms with E-state index < -0.39 is 11.4 Å². The average Bonchev–Trinajstić information content (AvgIpc) is 2.31. The summed E-state index contributed by atoms with van der Waals surface area (Å²) in [7, 11) is 0. The van der Waals surface area contributed by atoms with Crippen molar-refractivity contribution in [1.82, 2.24) is 0 Å². The minimum Gasteiger partial charge on any atom is -0.481 e. The molecule has 100 valence electrons. The van der Waals surface area contributed by atoms with Gasteiger partial charge in [0.25, 0.3) is 0 Å². The summed E-state index contributed by atoms with van der Waals surface area (Å²) >= 11 is 0. The maximum absolute atomic E-state index is 11.4. The maximum Gasteiger partial charge on any atom is 0.309 e. The van der Waals surface area contributed by atoms with Crippen LogP contribution in [0.3, 0.4) is 0 Å². The Morgan fingerprint density at radius 3 is 2.53 bits per heavy atom. The third-order valence-electron chi connectivity index (χ3n) is 4.05. The van der Waals surface area contributed by atoms with Crippen molar-refractivity contribution in [2.75, 3.05) is 13.2 Å². The number of carboxylic acid groups (broad SMARTS) is 1. The molecular formula is C14H26O3. The molecule has 1 aliphatic rings. The Bertz CT molecular complexity index is 230. The summed E-state index contributed by atoms with van der Waals surface area (Å²) < 4.78 is 5.52. The Morgan fingerprint density at radius 2 is 2.00 bits per heavy atom. The fraction of sp³-hybridized carbons (Fsp3) is 0.929. The van der Waals surface area contributed by atoms with Gasteiger partial charge in [0.05, 0.1) is 5.41 Å². The number of unbranched alkanes of at least 4 members (excludes halogenated alkanes) is 1. The molecule has 3 nitrogen and oxygen atoms in total. The minimum absolute atomic E-state index is 0.501. The Morgan fingerprint density at radius 1 is 1.35 bits per heavy atom. The van der Waals surface area contributed by atoms with Crippen LogP contribution in [0.5, 0.6) is 0 Å². The van der Waals surface area contributed by atoms with Crippen molar-refractivity contribution in [3.05, 3.63) is 0 Å². The van der Waals surface area contributed by atoms with Gasteiger partial charge in [0, 0.05) is 13.2 Å². The van der Waals surface area contributed by atoms with E-state index in [1.54, 1.807) is 0 Å². The van der Waals surface area contributed by atoms with Gasteiger partial charge in [-0.2, -0.15) is 0 Å². The molecule has 1 aliphatic carbocycles. The van der Waals surface area contributed by atoms with E-state index in [9.17, 15) is 9.90 Å².